The summed E-state index contributed by atoms with van der Waals surface area (Å²) in [6.07, 6.45) is 0. The quantitative estimate of drug-likeness (QED) is 0.764. The largest absolute Gasteiger partial charge is 0.507 e. The lowest BCUT2D eigenvalue weighted by molar-refractivity contribution is 0.466. The minimum Gasteiger partial charge on any atom is -0.507 e. The maximum Gasteiger partial charge on any atom is 0.123 e. The molecule has 0 aliphatic heterocycles. The number of phenolic OH excluding ortho intramolecular Hbond substituents is 2. The molecule has 2 aromatic rings. The normalized spacial score (nSPS) is 10.4. The monoisotopic (exact) mass is 214 g/mol. The second-order valence-electron chi connectivity index (χ2n) is 3.98. The van der Waals surface area contributed by atoms with Crippen LogP contribution in [0.4, 0.5) is 0 Å². The molecule has 0 bridgehead atoms. The van der Waals surface area contributed by atoms with Crippen molar-refractivity contribution >= 4 is 0 Å². The van der Waals surface area contributed by atoms with E-state index in [0.29, 0.717) is 5.75 Å². The van der Waals surface area contributed by atoms with Crippen LogP contribution in [0.3, 0.4) is 0 Å². The predicted molar refractivity (Wildman–Crippen MR) is 64.7 cm³/mol. The standard InChI is InChI=1S/C14H14O2/c1-9-7-11(8-10(2)14(9)16)12-5-3-4-6-13(12)15/h3-8,15-16H,1-2H3. The van der Waals surface area contributed by atoms with Crippen molar-refractivity contribution in [3.63, 3.8) is 0 Å². The van der Waals surface area contributed by atoms with Crippen molar-refractivity contribution in [1.29, 1.82) is 0 Å². The van der Waals surface area contributed by atoms with Gasteiger partial charge in [0.2, 0.25) is 0 Å². The maximum absolute atomic E-state index is 9.75. The molecule has 0 unspecified atom stereocenters. The van der Waals surface area contributed by atoms with Gasteiger partial charge in [-0.1, -0.05) is 18.2 Å². The number of aromatic hydroxyl groups is 2. The number of phenols is 2. The number of para-hydroxylation sites is 1. The van der Waals surface area contributed by atoms with Crippen LogP contribution >= 0.6 is 0 Å². The molecule has 0 saturated carbocycles. The zero-order valence-corrected chi connectivity index (χ0v) is 9.36. The van der Waals surface area contributed by atoms with Crippen molar-refractivity contribution in [2.24, 2.45) is 0 Å². The van der Waals surface area contributed by atoms with E-state index < -0.39 is 0 Å². The molecular weight excluding hydrogens is 200 g/mol. The highest BCUT2D eigenvalue weighted by atomic mass is 16.3. The summed E-state index contributed by atoms with van der Waals surface area (Å²) in [6.45, 7) is 3.71. The summed E-state index contributed by atoms with van der Waals surface area (Å²) in [5.74, 6) is 0.575. The van der Waals surface area contributed by atoms with Gasteiger partial charge in [0.05, 0.1) is 0 Å². The van der Waals surface area contributed by atoms with Gasteiger partial charge in [-0.2, -0.15) is 0 Å². The van der Waals surface area contributed by atoms with Crippen LogP contribution in [0.2, 0.25) is 0 Å². The fourth-order valence-electron chi connectivity index (χ4n) is 1.83. The third-order valence-electron chi connectivity index (χ3n) is 2.71. The van der Waals surface area contributed by atoms with Gasteiger partial charge in [-0.25, -0.2) is 0 Å². The highest BCUT2D eigenvalue weighted by Crippen LogP contribution is 2.33. The molecule has 0 aliphatic carbocycles. The Balaban J connectivity index is 2.62. The van der Waals surface area contributed by atoms with Gasteiger partial charge in [0, 0.05) is 5.56 Å². The first kappa shape index (κ1) is 10.6. The lowest BCUT2D eigenvalue weighted by Crippen LogP contribution is -1.85. The van der Waals surface area contributed by atoms with E-state index in [1.54, 1.807) is 12.1 Å². The average Bonchev–Trinajstić information content (AvgIpc) is 2.26. The van der Waals surface area contributed by atoms with Crippen molar-refractivity contribution in [1.82, 2.24) is 0 Å². The molecular formula is C14H14O2. The molecule has 2 N–H and O–H groups in total. The SMILES string of the molecule is Cc1cc(-c2ccccc2O)cc(C)c1O. The van der Waals surface area contributed by atoms with Crippen LogP contribution in [-0.4, -0.2) is 10.2 Å². The van der Waals surface area contributed by atoms with Gasteiger partial charge in [0.1, 0.15) is 11.5 Å². The first-order valence-electron chi connectivity index (χ1n) is 5.18. The van der Waals surface area contributed by atoms with Crippen molar-refractivity contribution in [2.75, 3.05) is 0 Å². The predicted octanol–water partition coefficient (Wildman–Crippen LogP) is 3.38. The summed E-state index contributed by atoms with van der Waals surface area (Å²) in [6, 6.07) is 10.9. The van der Waals surface area contributed by atoms with Gasteiger partial charge >= 0.3 is 0 Å². The highest BCUT2D eigenvalue weighted by Gasteiger charge is 2.07. The van der Waals surface area contributed by atoms with Crippen LogP contribution < -0.4 is 0 Å². The molecule has 82 valence electrons. The molecule has 0 aliphatic rings. The van der Waals surface area contributed by atoms with Crippen LogP contribution in [0.1, 0.15) is 11.1 Å². The van der Waals surface area contributed by atoms with E-state index in [0.717, 1.165) is 22.3 Å². The smallest absolute Gasteiger partial charge is 0.123 e. The number of aryl methyl sites for hydroxylation is 2. The third-order valence-corrected chi connectivity index (χ3v) is 2.71. The molecule has 2 nitrogen and oxygen atoms in total. The molecule has 0 fully saturated rings. The van der Waals surface area contributed by atoms with Crippen molar-refractivity contribution < 1.29 is 10.2 Å². The van der Waals surface area contributed by atoms with Gasteiger partial charge in [-0.15, -0.1) is 0 Å². The molecule has 0 aromatic heterocycles. The van der Waals surface area contributed by atoms with E-state index in [1.807, 2.05) is 38.1 Å². The van der Waals surface area contributed by atoms with Gasteiger partial charge in [-0.05, 0) is 48.7 Å². The fourth-order valence-corrected chi connectivity index (χ4v) is 1.83. The van der Waals surface area contributed by atoms with Gasteiger partial charge < -0.3 is 10.2 Å². The summed E-state index contributed by atoms with van der Waals surface area (Å²) < 4.78 is 0. The molecule has 16 heavy (non-hydrogen) atoms. The Kier molecular flexibility index (Phi) is 2.57. The van der Waals surface area contributed by atoms with E-state index in [4.69, 9.17) is 0 Å². The summed E-state index contributed by atoms with van der Waals surface area (Å²) in [5.41, 5.74) is 3.34. The molecule has 2 heteroatoms. The second-order valence-corrected chi connectivity index (χ2v) is 3.98. The van der Waals surface area contributed by atoms with Gasteiger partial charge in [0.15, 0.2) is 0 Å². The lowest BCUT2D eigenvalue weighted by Gasteiger charge is -2.09. The molecule has 0 saturated heterocycles. The first-order valence-corrected chi connectivity index (χ1v) is 5.18. The van der Waals surface area contributed by atoms with E-state index in [2.05, 4.69) is 0 Å². The Bertz CT molecular complexity index is 507. The van der Waals surface area contributed by atoms with Crippen LogP contribution in [0.25, 0.3) is 11.1 Å². The number of hydrogen-bond donors (Lipinski definition) is 2. The average molecular weight is 214 g/mol. The summed E-state index contributed by atoms with van der Waals surface area (Å²) in [5, 5.41) is 19.4. The molecule has 0 spiro atoms. The van der Waals surface area contributed by atoms with Crippen LogP contribution in [0.15, 0.2) is 36.4 Å². The lowest BCUT2D eigenvalue weighted by atomic mass is 9.99. The van der Waals surface area contributed by atoms with E-state index in [9.17, 15) is 10.2 Å². The minimum atomic E-state index is 0.256. The minimum absolute atomic E-state index is 0.256. The fraction of sp³-hybridized carbons (Fsp3) is 0.143. The van der Waals surface area contributed by atoms with Crippen molar-refractivity contribution in [3.8, 4) is 22.6 Å². The Morgan fingerprint density at radius 1 is 0.875 bits per heavy atom. The number of benzene rings is 2. The van der Waals surface area contributed by atoms with Crippen LogP contribution in [0, 0.1) is 13.8 Å². The van der Waals surface area contributed by atoms with Crippen molar-refractivity contribution in [3.05, 3.63) is 47.5 Å². The second kappa shape index (κ2) is 3.89. The Labute approximate surface area is 94.8 Å². The summed E-state index contributed by atoms with van der Waals surface area (Å²) in [4.78, 5) is 0. The van der Waals surface area contributed by atoms with Crippen LogP contribution in [-0.2, 0) is 0 Å². The molecule has 0 amide bonds. The third kappa shape index (κ3) is 1.74. The van der Waals surface area contributed by atoms with Gasteiger partial charge in [0.25, 0.3) is 0 Å². The van der Waals surface area contributed by atoms with Gasteiger partial charge in [-0.3, -0.25) is 0 Å². The maximum atomic E-state index is 9.75. The van der Waals surface area contributed by atoms with Crippen molar-refractivity contribution in [2.45, 2.75) is 13.8 Å². The van der Waals surface area contributed by atoms with E-state index in [-0.39, 0.29) is 5.75 Å². The topological polar surface area (TPSA) is 40.5 Å². The summed E-state index contributed by atoms with van der Waals surface area (Å²) in [7, 11) is 0. The number of rotatable bonds is 1. The highest BCUT2D eigenvalue weighted by molar-refractivity contribution is 5.72. The Morgan fingerprint density at radius 3 is 2.00 bits per heavy atom. The van der Waals surface area contributed by atoms with E-state index >= 15 is 0 Å². The summed E-state index contributed by atoms with van der Waals surface area (Å²) >= 11 is 0. The van der Waals surface area contributed by atoms with E-state index in [1.165, 1.54) is 0 Å². The Morgan fingerprint density at radius 2 is 1.44 bits per heavy atom. The van der Waals surface area contributed by atoms with Crippen LogP contribution in [0.5, 0.6) is 11.5 Å². The Hall–Kier alpha value is -1.96. The first-order chi connectivity index (χ1) is 7.59. The molecule has 0 radical (unpaired) electrons. The molecule has 2 rings (SSSR count). The number of hydrogen-bond acceptors (Lipinski definition) is 2. The molecule has 0 atom stereocenters. The zero-order valence-electron chi connectivity index (χ0n) is 9.36. The molecule has 2 aromatic carbocycles. The zero-order chi connectivity index (χ0) is 11.7. The molecule has 0 heterocycles.